The first-order valence-corrected chi connectivity index (χ1v) is 5.45. The van der Waals surface area contributed by atoms with Crippen LogP contribution in [0.3, 0.4) is 0 Å². The second-order valence-electron chi connectivity index (χ2n) is 3.84. The van der Waals surface area contributed by atoms with Crippen LogP contribution in [0.25, 0.3) is 0 Å². The molecule has 1 atom stereocenters. The van der Waals surface area contributed by atoms with E-state index in [1.54, 1.807) is 13.0 Å². The smallest absolute Gasteiger partial charge is 0.128 e. The maximum absolute atomic E-state index is 13.1. The summed E-state index contributed by atoms with van der Waals surface area (Å²) < 4.78 is 18.5. The summed E-state index contributed by atoms with van der Waals surface area (Å²) in [6.45, 7) is 6.98. The van der Waals surface area contributed by atoms with Crippen molar-refractivity contribution in [3.05, 3.63) is 23.5 Å². The third kappa shape index (κ3) is 3.38. The number of benzene rings is 1. The summed E-state index contributed by atoms with van der Waals surface area (Å²) in [5.74, 6) is -0.277. The molecule has 0 fully saturated rings. The van der Waals surface area contributed by atoms with Crippen molar-refractivity contribution in [1.29, 1.82) is 0 Å². The second kappa shape index (κ2) is 5.70. The Labute approximate surface area is 95.8 Å². The fourth-order valence-electron chi connectivity index (χ4n) is 1.45. The Hall–Kier alpha value is -1.29. The van der Waals surface area contributed by atoms with E-state index in [-0.39, 0.29) is 11.9 Å². The SMILES string of the molecule is CCOC(C)CNc1cc(C)c(F)cc1N. The number of halogens is 1. The van der Waals surface area contributed by atoms with E-state index in [4.69, 9.17) is 10.5 Å². The van der Waals surface area contributed by atoms with Gasteiger partial charge >= 0.3 is 0 Å². The Kier molecular flexibility index (Phi) is 4.55. The molecule has 0 aliphatic carbocycles. The number of nitrogens with one attached hydrogen (secondary N) is 1. The summed E-state index contributed by atoms with van der Waals surface area (Å²) >= 11 is 0. The van der Waals surface area contributed by atoms with Crippen molar-refractivity contribution < 1.29 is 9.13 Å². The van der Waals surface area contributed by atoms with Crippen LogP contribution in [0.5, 0.6) is 0 Å². The Morgan fingerprint density at radius 1 is 1.50 bits per heavy atom. The molecular formula is C12H19FN2O. The molecule has 90 valence electrons. The molecule has 0 saturated carbocycles. The molecular weight excluding hydrogens is 207 g/mol. The van der Waals surface area contributed by atoms with Gasteiger partial charge in [-0.15, -0.1) is 0 Å². The molecule has 0 aliphatic heterocycles. The molecule has 0 saturated heterocycles. The van der Waals surface area contributed by atoms with Gasteiger partial charge in [-0.1, -0.05) is 0 Å². The average molecular weight is 226 g/mol. The van der Waals surface area contributed by atoms with Gasteiger partial charge in [0.1, 0.15) is 5.82 Å². The van der Waals surface area contributed by atoms with E-state index in [9.17, 15) is 4.39 Å². The molecule has 16 heavy (non-hydrogen) atoms. The van der Waals surface area contributed by atoms with Crippen LogP contribution in [0.2, 0.25) is 0 Å². The van der Waals surface area contributed by atoms with Crippen LogP contribution >= 0.6 is 0 Å². The molecule has 3 N–H and O–H groups in total. The van der Waals surface area contributed by atoms with Gasteiger partial charge in [0.2, 0.25) is 0 Å². The number of ether oxygens (including phenoxy) is 1. The Morgan fingerprint density at radius 3 is 2.81 bits per heavy atom. The highest BCUT2D eigenvalue weighted by Crippen LogP contribution is 2.22. The standard InChI is InChI=1S/C12H19FN2O/c1-4-16-9(3)7-15-12-5-8(2)10(13)6-11(12)14/h5-6,9,15H,4,7,14H2,1-3H3. The Bertz CT molecular complexity index is 355. The third-order valence-corrected chi connectivity index (χ3v) is 2.36. The number of rotatable bonds is 5. The van der Waals surface area contributed by atoms with E-state index in [1.807, 2.05) is 13.8 Å². The summed E-state index contributed by atoms with van der Waals surface area (Å²) in [5.41, 5.74) is 7.47. The van der Waals surface area contributed by atoms with Gasteiger partial charge < -0.3 is 15.8 Å². The third-order valence-electron chi connectivity index (χ3n) is 2.36. The van der Waals surface area contributed by atoms with Crippen LogP contribution in [0.15, 0.2) is 12.1 Å². The highest BCUT2D eigenvalue weighted by atomic mass is 19.1. The van der Waals surface area contributed by atoms with Gasteiger partial charge in [0, 0.05) is 13.2 Å². The molecule has 4 heteroatoms. The number of hydrogen-bond donors (Lipinski definition) is 2. The van der Waals surface area contributed by atoms with E-state index in [0.29, 0.717) is 24.4 Å². The van der Waals surface area contributed by atoms with Gasteiger partial charge in [0.15, 0.2) is 0 Å². The molecule has 0 bridgehead atoms. The van der Waals surface area contributed by atoms with E-state index in [0.717, 1.165) is 5.69 Å². The fraction of sp³-hybridized carbons (Fsp3) is 0.500. The zero-order valence-electron chi connectivity index (χ0n) is 10.0. The molecule has 0 amide bonds. The first kappa shape index (κ1) is 12.8. The maximum Gasteiger partial charge on any atom is 0.128 e. The largest absolute Gasteiger partial charge is 0.397 e. The zero-order valence-corrected chi connectivity index (χ0v) is 10.0. The molecule has 1 aromatic rings. The molecule has 0 radical (unpaired) electrons. The fourth-order valence-corrected chi connectivity index (χ4v) is 1.45. The van der Waals surface area contributed by atoms with Gasteiger partial charge in [-0.2, -0.15) is 0 Å². The number of hydrogen-bond acceptors (Lipinski definition) is 3. The van der Waals surface area contributed by atoms with Crippen molar-refractivity contribution in [3.8, 4) is 0 Å². The van der Waals surface area contributed by atoms with Crippen molar-refractivity contribution in [2.45, 2.75) is 26.9 Å². The second-order valence-corrected chi connectivity index (χ2v) is 3.84. The topological polar surface area (TPSA) is 47.3 Å². The molecule has 3 nitrogen and oxygen atoms in total. The minimum atomic E-state index is -0.277. The van der Waals surface area contributed by atoms with Gasteiger partial charge in [0.05, 0.1) is 17.5 Å². The van der Waals surface area contributed by atoms with Crippen LogP contribution in [-0.2, 0) is 4.74 Å². The first-order chi connectivity index (χ1) is 7.54. The molecule has 1 aromatic carbocycles. The van der Waals surface area contributed by atoms with Crippen LogP contribution in [0, 0.1) is 12.7 Å². The molecule has 0 spiro atoms. The lowest BCUT2D eigenvalue weighted by molar-refractivity contribution is 0.0855. The van der Waals surface area contributed by atoms with E-state index >= 15 is 0 Å². The highest BCUT2D eigenvalue weighted by molar-refractivity contribution is 5.67. The van der Waals surface area contributed by atoms with E-state index < -0.39 is 0 Å². The van der Waals surface area contributed by atoms with E-state index in [2.05, 4.69) is 5.32 Å². The molecule has 0 heterocycles. The predicted octanol–water partition coefficient (Wildman–Crippen LogP) is 2.55. The molecule has 0 aromatic heterocycles. The summed E-state index contributed by atoms with van der Waals surface area (Å²) in [6, 6.07) is 3.05. The Morgan fingerprint density at radius 2 is 2.19 bits per heavy atom. The molecule has 1 rings (SSSR count). The highest BCUT2D eigenvalue weighted by Gasteiger charge is 2.06. The minimum Gasteiger partial charge on any atom is -0.397 e. The summed E-state index contributed by atoms with van der Waals surface area (Å²) in [5, 5.41) is 3.15. The van der Waals surface area contributed by atoms with Crippen molar-refractivity contribution in [2.24, 2.45) is 0 Å². The number of anilines is 2. The number of nitrogens with two attached hydrogens (primary N) is 1. The number of nitrogen functional groups attached to an aromatic ring is 1. The summed E-state index contributed by atoms with van der Waals surface area (Å²) in [6.07, 6.45) is 0.106. The normalized spacial score (nSPS) is 12.5. The van der Waals surface area contributed by atoms with Crippen molar-refractivity contribution in [3.63, 3.8) is 0 Å². The zero-order chi connectivity index (χ0) is 12.1. The van der Waals surface area contributed by atoms with Gasteiger partial charge in [-0.25, -0.2) is 4.39 Å². The van der Waals surface area contributed by atoms with Crippen LogP contribution in [0.1, 0.15) is 19.4 Å². The van der Waals surface area contributed by atoms with Crippen molar-refractivity contribution in [1.82, 2.24) is 0 Å². The molecule has 0 aliphatic rings. The minimum absolute atomic E-state index is 0.106. The number of aryl methyl sites for hydroxylation is 1. The average Bonchev–Trinajstić information content (AvgIpc) is 2.22. The lowest BCUT2D eigenvalue weighted by atomic mass is 10.2. The monoisotopic (exact) mass is 226 g/mol. The van der Waals surface area contributed by atoms with Crippen LogP contribution < -0.4 is 11.1 Å². The van der Waals surface area contributed by atoms with Gasteiger partial charge in [-0.3, -0.25) is 0 Å². The van der Waals surface area contributed by atoms with Crippen molar-refractivity contribution in [2.75, 3.05) is 24.2 Å². The first-order valence-electron chi connectivity index (χ1n) is 5.45. The maximum atomic E-state index is 13.1. The predicted molar refractivity (Wildman–Crippen MR) is 65.1 cm³/mol. The quantitative estimate of drug-likeness (QED) is 0.758. The summed E-state index contributed by atoms with van der Waals surface area (Å²) in [4.78, 5) is 0. The lowest BCUT2D eigenvalue weighted by Crippen LogP contribution is -2.20. The van der Waals surface area contributed by atoms with E-state index in [1.165, 1.54) is 6.07 Å². The van der Waals surface area contributed by atoms with Crippen molar-refractivity contribution >= 4 is 11.4 Å². The molecule has 1 unspecified atom stereocenters. The Balaban J connectivity index is 2.63. The van der Waals surface area contributed by atoms with Crippen LogP contribution in [-0.4, -0.2) is 19.3 Å². The lowest BCUT2D eigenvalue weighted by Gasteiger charge is -2.15. The van der Waals surface area contributed by atoms with Gasteiger partial charge in [0.25, 0.3) is 0 Å². The van der Waals surface area contributed by atoms with Crippen LogP contribution in [0.4, 0.5) is 15.8 Å². The summed E-state index contributed by atoms with van der Waals surface area (Å²) in [7, 11) is 0. The van der Waals surface area contributed by atoms with Gasteiger partial charge in [-0.05, 0) is 38.5 Å².